The van der Waals surface area contributed by atoms with Gasteiger partial charge in [-0.05, 0) is 56.0 Å². The number of benzene rings is 1. The highest BCUT2D eigenvalue weighted by molar-refractivity contribution is 6.30. The van der Waals surface area contributed by atoms with Gasteiger partial charge in [0.1, 0.15) is 11.6 Å². The lowest BCUT2D eigenvalue weighted by Crippen LogP contribution is -2.38. The van der Waals surface area contributed by atoms with Gasteiger partial charge in [0.2, 0.25) is 0 Å². The van der Waals surface area contributed by atoms with Crippen LogP contribution in [0.2, 0.25) is 5.02 Å². The van der Waals surface area contributed by atoms with Gasteiger partial charge in [-0.25, -0.2) is 4.98 Å². The van der Waals surface area contributed by atoms with Gasteiger partial charge < -0.3 is 14.3 Å². The Hall–Kier alpha value is -3.06. The summed E-state index contributed by atoms with van der Waals surface area (Å²) < 4.78 is 7.52. The number of halogens is 1. The fraction of sp³-hybridized carbons (Fsp3) is 0.318. The summed E-state index contributed by atoms with van der Waals surface area (Å²) in [5.41, 5.74) is 3.10. The molecule has 1 aliphatic rings. The van der Waals surface area contributed by atoms with E-state index < -0.39 is 0 Å². The summed E-state index contributed by atoms with van der Waals surface area (Å²) in [6.45, 7) is 3.17. The number of likely N-dealkylation sites (tertiary alicyclic amines) is 1. The number of carbonyl (C=O) groups is 1. The molecule has 1 unspecified atom stereocenters. The Morgan fingerprint density at radius 1 is 1.30 bits per heavy atom. The third kappa shape index (κ3) is 3.61. The van der Waals surface area contributed by atoms with Gasteiger partial charge in [0.15, 0.2) is 5.76 Å². The highest BCUT2D eigenvalue weighted by atomic mass is 35.5. The summed E-state index contributed by atoms with van der Waals surface area (Å²) in [7, 11) is 0. The van der Waals surface area contributed by atoms with Crippen LogP contribution in [0, 0.1) is 6.92 Å². The van der Waals surface area contributed by atoms with Gasteiger partial charge in [0.05, 0.1) is 34.8 Å². The van der Waals surface area contributed by atoms with E-state index in [1.807, 2.05) is 23.1 Å². The van der Waals surface area contributed by atoms with Crippen molar-refractivity contribution < 1.29 is 9.21 Å². The van der Waals surface area contributed by atoms with Crippen LogP contribution in [-0.2, 0) is 6.54 Å². The van der Waals surface area contributed by atoms with Crippen LogP contribution in [0.25, 0.3) is 11.0 Å². The van der Waals surface area contributed by atoms with Gasteiger partial charge in [0.25, 0.3) is 5.91 Å². The van der Waals surface area contributed by atoms with E-state index in [2.05, 4.69) is 23.1 Å². The summed E-state index contributed by atoms with van der Waals surface area (Å²) in [6.07, 6.45) is 6.21. The molecule has 4 aromatic rings. The molecule has 1 saturated heterocycles. The molecule has 7 nitrogen and oxygen atoms in total. The molecule has 0 bridgehead atoms. The Morgan fingerprint density at radius 3 is 3.03 bits per heavy atom. The number of nitrogens with zero attached hydrogens (tertiary/aromatic N) is 4. The Labute approximate surface area is 178 Å². The van der Waals surface area contributed by atoms with E-state index in [1.54, 1.807) is 23.1 Å². The Kier molecular flexibility index (Phi) is 4.83. The number of aryl methyl sites for hydroxylation is 1. The van der Waals surface area contributed by atoms with Crippen LogP contribution >= 0.6 is 11.6 Å². The van der Waals surface area contributed by atoms with Crippen LogP contribution in [0.4, 0.5) is 0 Å². The van der Waals surface area contributed by atoms with Crippen molar-refractivity contribution in [2.24, 2.45) is 0 Å². The first-order valence-corrected chi connectivity index (χ1v) is 10.5. The minimum Gasteiger partial charge on any atom is -0.454 e. The number of rotatable bonds is 4. The number of hydrogen-bond donors (Lipinski definition) is 1. The second-order valence-corrected chi connectivity index (χ2v) is 8.21. The van der Waals surface area contributed by atoms with E-state index in [-0.39, 0.29) is 11.9 Å². The van der Waals surface area contributed by atoms with Crippen molar-refractivity contribution in [1.29, 1.82) is 0 Å². The Morgan fingerprint density at radius 2 is 2.20 bits per heavy atom. The van der Waals surface area contributed by atoms with Crippen LogP contribution in [0.1, 0.15) is 53.0 Å². The van der Waals surface area contributed by atoms with E-state index in [0.717, 1.165) is 36.1 Å². The van der Waals surface area contributed by atoms with Gasteiger partial charge in [-0.15, -0.1) is 0 Å². The number of fused-ring (bicyclic) bond motifs is 1. The lowest BCUT2D eigenvalue weighted by Gasteiger charge is -2.33. The van der Waals surface area contributed by atoms with Crippen LogP contribution < -0.4 is 0 Å². The van der Waals surface area contributed by atoms with Gasteiger partial charge in [-0.2, -0.15) is 5.10 Å². The number of carbonyl (C=O) groups excluding carboxylic acids is 1. The Bertz CT molecular complexity index is 1210. The number of H-pyrrole nitrogens is 1. The highest BCUT2D eigenvalue weighted by Gasteiger charge is 2.32. The van der Waals surface area contributed by atoms with Gasteiger partial charge in [-0.1, -0.05) is 17.7 Å². The molecule has 0 aliphatic carbocycles. The van der Waals surface area contributed by atoms with Crippen molar-refractivity contribution in [2.75, 3.05) is 6.54 Å². The van der Waals surface area contributed by atoms with Crippen LogP contribution in [0.5, 0.6) is 0 Å². The number of furan rings is 1. The minimum atomic E-state index is -0.110. The molecular formula is C22H22ClN5O2. The maximum Gasteiger partial charge on any atom is 0.290 e. The zero-order valence-electron chi connectivity index (χ0n) is 16.6. The average Bonchev–Trinajstić information content (AvgIpc) is 3.47. The van der Waals surface area contributed by atoms with Gasteiger partial charge in [-0.3, -0.25) is 9.48 Å². The predicted octanol–water partition coefficient (Wildman–Crippen LogP) is 4.73. The summed E-state index contributed by atoms with van der Waals surface area (Å²) in [5.74, 6) is 1.72. The van der Waals surface area contributed by atoms with Gasteiger partial charge >= 0.3 is 0 Å². The maximum absolute atomic E-state index is 13.3. The summed E-state index contributed by atoms with van der Waals surface area (Å²) in [6, 6.07) is 9.61. The van der Waals surface area contributed by atoms with E-state index in [9.17, 15) is 4.79 Å². The molecule has 1 amide bonds. The quantitative estimate of drug-likeness (QED) is 0.514. The first kappa shape index (κ1) is 18.9. The first-order chi connectivity index (χ1) is 14.6. The summed E-state index contributed by atoms with van der Waals surface area (Å²) in [5, 5.41) is 4.72. The monoisotopic (exact) mass is 423 g/mol. The van der Waals surface area contributed by atoms with Crippen molar-refractivity contribution in [1.82, 2.24) is 24.6 Å². The number of piperidine rings is 1. The number of aromatic nitrogens is 4. The van der Waals surface area contributed by atoms with Crippen LogP contribution in [0.3, 0.4) is 0 Å². The normalized spacial score (nSPS) is 17.0. The molecule has 154 valence electrons. The number of amides is 1. The molecular weight excluding hydrogens is 402 g/mol. The maximum atomic E-state index is 13.3. The van der Waals surface area contributed by atoms with Gasteiger partial charge in [0, 0.05) is 12.7 Å². The zero-order chi connectivity index (χ0) is 20.7. The number of aromatic amines is 1. The molecule has 0 radical (unpaired) electrons. The topological polar surface area (TPSA) is 79.9 Å². The second kappa shape index (κ2) is 7.65. The second-order valence-electron chi connectivity index (χ2n) is 7.77. The van der Waals surface area contributed by atoms with E-state index in [1.165, 1.54) is 5.56 Å². The van der Waals surface area contributed by atoms with Crippen molar-refractivity contribution in [3.05, 3.63) is 70.7 Å². The Balaban J connectivity index is 1.39. The molecule has 0 spiro atoms. The molecule has 1 aliphatic heterocycles. The van der Waals surface area contributed by atoms with E-state index in [4.69, 9.17) is 21.0 Å². The van der Waals surface area contributed by atoms with Crippen LogP contribution in [0.15, 0.2) is 47.1 Å². The lowest BCUT2D eigenvalue weighted by molar-refractivity contribution is 0.0566. The average molecular weight is 424 g/mol. The lowest BCUT2D eigenvalue weighted by atomic mass is 10.0. The molecule has 4 heterocycles. The molecule has 1 fully saturated rings. The van der Waals surface area contributed by atoms with Crippen molar-refractivity contribution in [3.63, 3.8) is 0 Å². The third-order valence-corrected chi connectivity index (χ3v) is 5.72. The van der Waals surface area contributed by atoms with Crippen molar-refractivity contribution in [2.45, 2.75) is 38.8 Å². The summed E-state index contributed by atoms with van der Waals surface area (Å²) >= 11 is 5.91. The molecule has 8 heteroatoms. The summed E-state index contributed by atoms with van der Waals surface area (Å²) in [4.78, 5) is 23.3. The molecule has 0 saturated carbocycles. The third-order valence-electron chi connectivity index (χ3n) is 5.53. The minimum absolute atomic E-state index is 0.0857. The standard InChI is InChI=1S/C22H22ClN5O2/c1-14-5-7-17-18(10-14)26-21(25-17)19-4-2-3-9-28(19)22(29)20-8-6-16(30-20)13-27-12-15(23)11-24-27/h5-8,10-12,19H,2-4,9,13H2,1H3,(H,25,26). The smallest absolute Gasteiger partial charge is 0.290 e. The first-order valence-electron chi connectivity index (χ1n) is 10.1. The fourth-order valence-electron chi connectivity index (χ4n) is 4.06. The van der Waals surface area contributed by atoms with Crippen molar-refractivity contribution in [3.8, 4) is 0 Å². The number of nitrogens with one attached hydrogen (secondary N) is 1. The van der Waals surface area contributed by atoms with E-state index >= 15 is 0 Å². The molecule has 1 N–H and O–H groups in total. The van der Waals surface area contributed by atoms with Crippen LogP contribution in [-0.4, -0.2) is 37.1 Å². The molecule has 1 atom stereocenters. The molecule has 3 aromatic heterocycles. The number of imidazole rings is 1. The highest BCUT2D eigenvalue weighted by Crippen LogP contribution is 2.32. The molecule has 1 aromatic carbocycles. The molecule has 5 rings (SSSR count). The SMILES string of the molecule is Cc1ccc2nc(C3CCCCN3C(=O)c3ccc(Cn4cc(Cl)cn4)o3)[nH]c2c1. The van der Waals surface area contributed by atoms with E-state index in [0.29, 0.717) is 29.6 Å². The van der Waals surface area contributed by atoms with Crippen molar-refractivity contribution >= 4 is 28.5 Å². The predicted molar refractivity (Wildman–Crippen MR) is 114 cm³/mol. The fourth-order valence-corrected chi connectivity index (χ4v) is 4.22. The zero-order valence-corrected chi connectivity index (χ0v) is 17.4. The largest absolute Gasteiger partial charge is 0.454 e. The number of hydrogen-bond acceptors (Lipinski definition) is 4. The molecule has 30 heavy (non-hydrogen) atoms.